The first kappa shape index (κ1) is 22.0. The van der Waals surface area contributed by atoms with Crippen LogP contribution in [-0.2, 0) is 6.54 Å². The largest absolute Gasteiger partial charge is 0.496 e. The van der Waals surface area contributed by atoms with Crippen molar-refractivity contribution in [2.45, 2.75) is 44.3 Å². The van der Waals surface area contributed by atoms with E-state index in [0.29, 0.717) is 6.54 Å². The van der Waals surface area contributed by atoms with Gasteiger partial charge in [0, 0.05) is 0 Å². The molecule has 2 heterocycles. The Morgan fingerprint density at radius 2 is 1.76 bits per heavy atom. The van der Waals surface area contributed by atoms with E-state index < -0.39 is 0 Å². The third kappa shape index (κ3) is 4.77. The topological polar surface area (TPSA) is 61.7 Å². The van der Waals surface area contributed by atoms with Crippen LogP contribution in [0.5, 0.6) is 5.75 Å². The maximum Gasteiger partial charge on any atom is 0.214 e. The molecule has 3 aromatic rings. The molecule has 0 bridgehead atoms. The average Bonchev–Trinajstić information content (AvgIpc) is 3.55. The van der Waals surface area contributed by atoms with Crippen LogP contribution in [0.25, 0.3) is 0 Å². The van der Waals surface area contributed by atoms with Gasteiger partial charge < -0.3 is 14.5 Å². The third-order valence-electron chi connectivity index (χ3n) is 7.39. The Kier molecular flexibility index (Phi) is 6.64. The molecule has 1 aromatic heterocycles. The van der Waals surface area contributed by atoms with Crippen LogP contribution in [0.3, 0.4) is 0 Å². The molecule has 0 radical (unpaired) electrons. The molecule has 2 N–H and O–H groups in total. The number of benzene rings is 2. The van der Waals surface area contributed by atoms with Crippen LogP contribution < -0.4 is 14.5 Å². The summed E-state index contributed by atoms with van der Waals surface area (Å²) < 4.78 is 21.0. The molecule has 33 heavy (non-hydrogen) atoms. The number of hydrogen-bond donors (Lipinski definition) is 2. The predicted octanol–water partition coefficient (Wildman–Crippen LogP) is 0.685. The summed E-state index contributed by atoms with van der Waals surface area (Å²) in [6.45, 7) is 4.98. The fourth-order valence-corrected chi connectivity index (χ4v) is 5.66. The number of nitrogens with one attached hydrogen (secondary N) is 2. The third-order valence-corrected chi connectivity index (χ3v) is 7.39. The number of halogens is 1. The Morgan fingerprint density at radius 3 is 2.48 bits per heavy atom. The highest BCUT2D eigenvalue weighted by molar-refractivity contribution is 5.37. The lowest BCUT2D eigenvalue weighted by atomic mass is 10.0. The van der Waals surface area contributed by atoms with Crippen LogP contribution >= 0.6 is 0 Å². The van der Waals surface area contributed by atoms with E-state index in [4.69, 9.17) is 4.74 Å². The second kappa shape index (κ2) is 9.97. The van der Waals surface area contributed by atoms with E-state index in [9.17, 15) is 4.39 Å². The molecule has 1 aliphatic heterocycles. The Hall–Kier alpha value is -2.84. The number of para-hydroxylation sites is 1. The zero-order valence-corrected chi connectivity index (χ0v) is 19.2. The highest BCUT2D eigenvalue weighted by Crippen LogP contribution is 2.27. The summed E-state index contributed by atoms with van der Waals surface area (Å²) in [6.07, 6.45) is 5.51. The number of rotatable bonds is 7. The molecule has 7 nitrogen and oxygen atoms in total. The lowest BCUT2D eigenvalue weighted by Gasteiger charge is -2.36. The van der Waals surface area contributed by atoms with Crippen LogP contribution in [0, 0.1) is 5.82 Å². The van der Waals surface area contributed by atoms with Gasteiger partial charge in [0.05, 0.1) is 25.3 Å². The van der Waals surface area contributed by atoms with Gasteiger partial charge in [0.25, 0.3) is 0 Å². The van der Waals surface area contributed by atoms with Crippen molar-refractivity contribution in [2.75, 3.05) is 33.3 Å². The molecule has 1 saturated heterocycles. The molecule has 2 fully saturated rings. The second-order valence-corrected chi connectivity index (χ2v) is 9.29. The predicted molar refractivity (Wildman–Crippen MR) is 122 cm³/mol. The van der Waals surface area contributed by atoms with E-state index in [-0.39, 0.29) is 11.9 Å². The molecule has 1 aliphatic carbocycles. The Labute approximate surface area is 194 Å². The highest BCUT2D eigenvalue weighted by atomic mass is 19.1. The van der Waals surface area contributed by atoms with Gasteiger partial charge in [0.2, 0.25) is 5.82 Å². The molecule has 0 amide bonds. The van der Waals surface area contributed by atoms with Gasteiger partial charge in [-0.05, 0) is 65.9 Å². The summed E-state index contributed by atoms with van der Waals surface area (Å²) in [5.41, 5.74) is 2.07. The normalized spacial score (nSPS) is 22.4. The minimum absolute atomic E-state index is 0.0262. The monoisotopic (exact) mass is 452 g/mol. The van der Waals surface area contributed by atoms with Crippen molar-refractivity contribution in [3.05, 3.63) is 71.3 Å². The second-order valence-electron chi connectivity index (χ2n) is 9.29. The Bertz CT molecular complexity index is 1040. The van der Waals surface area contributed by atoms with E-state index in [0.717, 1.165) is 41.8 Å². The Morgan fingerprint density at radius 1 is 1.03 bits per heavy atom. The van der Waals surface area contributed by atoms with Crippen molar-refractivity contribution in [1.82, 2.24) is 20.2 Å². The molecule has 2 aliphatic rings. The van der Waals surface area contributed by atoms with Gasteiger partial charge in [-0.2, -0.15) is 0 Å². The van der Waals surface area contributed by atoms with E-state index in [1.54, 1.807) is 24.1 Å². The highest BCUT2D eigenvalue weighted by Gasteiger charge is 2.39. The number of quaternary nitrogens is 2. The molecule has 8 heteroatoms. The molecular weight excluding hydrogens is 419 g/mol. The number of ether oxygens (including phenoxy) is 1. The molecule has 1 atom stereocenters. The van der Waals surface area contributed by atoms with E-state index in [1.807, 2.05) is 16.8 Å². The number of piperazine rings is 1. The molecule has 1 unspecified atom stereocenters. The number of aromatic nitrogens is 4. The van der Waals surface area contributed by atoms with Gasteiger partial charge in [-0.15, -0.1) is 5.10 Å². The molecule has 174 valence electrons. The molecule has 1 saturated carbocycles. The van der Waals surface area contributed by atoms with E-state index >= 15 is 0 Å². The van der Waals surface area contributed by atoms with Gasteiger partial charge in [0.1, 0.15) is 37.7 Å². The maximum atomic E-state index is 13.4. The van der Waals surface area contributed by atoms with Gasteiger partial charge in [0.15, 0.2) is 6.04 Å². The molecule has 2 aromatic carbocycles. The smallest absolute Gasteiger partial charge is 0.214 e. The average molecular weight is 453 g/mol. The maximum absolute atomic E-state index is 13.4. The van der Waals surface area contributed by atoms with Crippen LogP contribution in [0.4, 0.5) is 4.39 Å². The van der Waals surface area contributed by atoms with Crippen molar-refractivity contribution >= 4 is 0 Å². The summed E-state index contributed by atoms with van der Waals surface area (Å²) in [5.74, 6) is 1.44. The summed E-state index contributed by atoms with van der Waals surface area (Å²) >= 11 is 0. The van der Waals surface area contributed by atoms with E-state index in [2.05, 4.69) is 27.7 Å². The fourth-order valence-electron chi connectivity index (χ4n) is 5.66. The number of tetrazole rings is 1. The lowest BCUT2D eigenvalue weighted by Crippen LogP contribution is -3.29. The lowest BCUT2D eigenvalue weighted by molar-refractivity contribution is -1.03. The van der Waals surface area contributed by atoms with Crippen molar-refractivity contribution in [1.29, 1.82) is 0 Å². The summed E-state index contributed by atoms with van der Waals surface area (Å²) in [6, 6.07) is 15.5. The van der Waals surface area contributed by atoms with Crippen molar-refractivity contribution < 1.29 is 18.9 Å². The minimum atomic E-state index is -0.241. The summed E-state index contributed by atoms with van der Waals surface area (Å²) in [4.78, 5) is 3.23. The van der Waals surface area contributed by atoms with Crippen molar-refractivity contribution in [2.24, 2.45) is 0 Å². The zero-order chi connectivity index (χ0) is 22.6. The minimum Gasteiger partial charge on any atom is -0.496 e. The van der Waals surface area contributed by atoms with Crippen LogP contribution in [0.2, 0.25) is 0 Å². The van der Waals surface area contributed by atoms with Gasteiger partial charge >= 0.3 is 0 Å². The van der Waals surface area contributed by atoms with Gasteiger partial charge in [-0.3, -0.25) is 0 Å². The summed E-state index contributed by atoms with van der Waals surface area (Å²) in [7, 11) is 1.72. The van der Waals surface area contributed by atoms with Crippen molar-refractivity contribution in [3.8, 4) is 5.75 Å². The standard InChI is InChI=1S/C25H31FN6O/c1-33-23-9-5-4-8-22(23)24(31-16-14-30(15-17-31)21-6-2-3-7-21)25-27-28-29-32(25)18-19-10-12-20(26)13-11-19/h4-5,8-13,21,24H,2-3,6-7,14-18H2,1H3/p+2. The van der Waals surface area contributed by atoms with E-state index in [1.165, 1.54) is 55.8 Å². The van der Waals surface area contributed by atoms with Gasteiger partial charge in [-0.25, -0.2) is 9.07 Å². The first-order valence-corrected chi connectivity index (χ1v) is 12.1. The van der Waals surface area contributed by atoms with Crippen molar-refractivity contribution in [3.63, 3.8) is 0 Å². The fraction of sp³-hybridized carbons (Fsp3) is 0.480. The zero-order valence-electron chi connectivity index (χ0n) is 19.2. The Balaban J connectivity index is 1.44. The van der Waals surface area contributed by atoms with Gasteiger partial charge in [-0.1, -0.05) is 24.3 Å². The molecule has 0 spiro atoms. The quantitative estimate of drug-likeness (QED) is 0.554. The first-order valence-electron chi connectivity index (χ1n) is 12.1. The number of methoxy groups -OCH3 is 1. The van der Waals surface area contributed by atoms with Crippen LogP contribution in [0.15, 0.2) is 48.5 Å². The van der Waals surface area contributed by atoms with Crippen LogP contribution in [0.1, 0.15) is 48.7 Å². The summed E-state index contributed by atoms with van der Waals surface area (Å²) in [5, 5.41) is 12.8. The first-order chi connectivity index (χ1) is 16.2. The molecule has 5 rings (SSSR count). The number of nitrogens with zero attached hydrogens (tertiary/aromatic N) is 4. The number of hydrogen-bond acceptors (Lipinski definition) is 4. The van der Waals surface area contributed by atoms with Crippen LogP contribution in [-0.4, -0.2) is 59.5 Å². The SMILES string of the molecule is COc1ccccc1C(c1nnnn1Cc1ccc(F)cc1)[NH+]1CC[NH+](C2CCCC2)CC1. The molecular formula is C25H33FN6O+2.